The van der Waals surface area contributed by atoms with Gasteiger partial charge in [-0.3, -0.25) is 10.4 Å². The molecular weight excluding hydrogens is 186 g/mol. The minimum Gasteiger partial charge on any atom is -0.382 e. The Morgan fingerprint density at radius 2 is 2.15 bits per heavy atom. The first-order valence-electron chi connectivity index (χ1n) is 4.08. The second-order valence-corrected chi connectivity index (χ2v) is 3.16. The second kappa shape index (κ2) is 3.75. The number of halogens is 1. The summed E-state index contributed by atoms with van der Waals surface area (Å²) in [6.07, 6.45) is 4.39. The normalized spacial score (nSPS) is 14.8. The fourth-order valence-electron chi connectivity index (χ4n) is 1.22. The highest BCUT2D eigenvalue weighted by atomic mass is 35.5. The summed E-state index contributed by atoms with van der Waals surface area (Å²) in [5.74, 6) is 0.760. The van der Waals surface area contributed by atoms with E-state index in [2.05, 4.69) is 4.98 Å². The average Bonchev–Trinajstić information content (AvgIpc) is 2.87. The molecule has 0 saturated heterocycles. The van der Waals surface area contributed by atoms with Crippen molar-refractivity contribution in [1.29, 1.82) is 5.41 Å². The second-order valence-electron chi connectivity index (χ2n) is 3.16. The number of pyridine rings is 1. The Kier molecular flexibility index (Phi) is 2.88. The summed E-state index contributed by atoms with van der Waals surface area (Å²) in [6, 6.07) is 3.83. The van der Waals surface area contributed by atoms with Gasteiger partial charge in [-0.2, -0.15) is 0 Å². The van der Waals surface area contributed by atoms with Gasteiger partial charge in [0.05, 0.1) is 0 Å². The van der Waals surface area contributed by atoms with E-state index in [1.807, 2.05) is 18.3 Å². The minimum absolute atomic E-state index is 0. The highest BCUT2D eigenvalue weighted by Crippen LogP contribution is 2.39. The van der Waals surface area contributed by atoms with Crippen molar-refractivity contribution in [3.05, 3.63) is 29.6 Å². The number of amidine groups is 1. The van der Waals surface area contributed by atoms with Crippen molar-refractivity contribution >= 4 is 18.2 Å². The van der Waals surface area contributed by atoms with Gasteiger partial charge in [-0.1, -0.05) is 6.07 Å². The fourth-order valence-corrected chi connectivity index (χ4v) is 1.22. The SMILES string of the molecule is Cl.N=C(N)c1ccc(C2CC2)cn1. The lowest BCUT2D eigenvalue weighted by Crippen LogP contribution is -2.12. The summed E-state index contributed by atoms with van der Waals surface area (Å²) in [5.41, 5.74) is 7.12. The Balaban J connectivity index is 0.000000845. The summed E-state index contributed by atoms with van der Waals surface area (Å²) in [5, 5.41) is 7.14. The zero-order chi connectivity index (χ0) is 8.55. The van der Waals surface area contributed by atoms with Crippen LogP contribution in [-0.2, 0) is 0 Å². The van der Waals surface area contributed by atoms with Crippen LogP contribution in [0.3, 0.4) is 0 Å². The molecular formula is C9H12ClN3. The summed E-state index contributed by atoms with van der Waals surface area (Å²) < 4.78 is 0. The van der Waals surface area contributed by atoms with Crippen LogP contribution in [0.2, 0.25) is 0 Å². The predicted molar refractivity (Wildman–Crippen MR) is 54.5 cm³/mol. The number of aromatic nitrogens is 1. The average molecular weight is 198 g/mol. The van der Waals surface area contributed by atoms with E-state index in [1.165, 1.54) is 18.4 Å². The van der Waals surface area contributed by atoms with Gasteiger partial charge in [-0.15, -0.1) is 12.4 Å². The number of nitrogens with zero attached hydrogens (tertiary/aromatic N) is 1. The molecule has 1 aliphatic carbocycles. The van der Waals surface area contributed by atoms with E-state index < -0.39 is 0 Å². The number of nitrogens with two attached hydrogens (primary N) is 1. The number of nitrogens with one attached hydrogen (secondary N) is 1. The first-order valence-corrected chi connectivity index (χ1v) is 4.08. The van der Waals surface area contributed by atoms with Gasteiger partial charge in [0.2, 0.25) is 0 Å². The Morgan fingerprint density at radius 1 is 1.46 bits per heavy atom. The minimum atomic E-state index is 0. The Labute approximate surface area is 83.3 Å². The van der Waals surface area contributed by atoms with E-state index in [4.69, 9.17) is 11.1 Å². The standard InChI is InChI=1S/C9H11N3.ClH/c10-9(11)8-4-3-7(5-12-8)6-1-2-6;/h3-6H,1-2H2,(H3,10,11);1H. The topological polar surface area (TPSA) is 62.8 Å². The number of rotatable bonds is 2. The van der Waals surface area contributed by atoms with E-state index >= 15 is 0 Å². The highest BCUT2D eigenvalue weighted by Gasteiger charge is 2.23. The third-order valence-electron chi connectivity index (χ3n) is 2.11. The van der Waals surface area contributed by atoms with Gasteiger partial charge in [0.15, 0.2) is 0 Å². The van der Waals surface area contributed by atoms with Crippen molar-refractivity contribution in [1.82, 2.24) is 4.98 Å². The molecule has 0 radical (unpaired) electrons. The lowest BCUT2D eigenvalue weighted by Gasteiger charge is -1.99. The Morgan fingerprint density at radius 3 is 2.54 bits per heavy atom. The lowest BCUT2D eigenvalue weighted by molar-refractivity contribution is 1.08. The molecule has 0 bridgehead atoms. The quantitative estimate of drug-likeness (QED) is 0.560. The molecule has 70 valence electrons. The van der Waals surface area contributed by atoms with Crippen molar-refractivity contribution in [3.63, 3.8) is 0 Å². The zero-order valence-electron chi connectivity index (χ0n) is 7.16. The Hall–Kier alpha value is -1.09. The zero-order valence-corrected chi connectivity index (χ0v) is 7.97. The molecule has 1 aromatic heterocycles. The number of nitrogen functional groups attached to an aromatic ring is 1. The lowest BCUT2D eigenvalue weighted by atomic mass is 10.2. The molecule has 1 fully saturated rings. The van der Waals surface area contributed by atoms with Crippen LogP contribution in [0.1, 0.15) is 30.0 Å². The molecule has 13 heavy (non-hydrogen) atoms. The summed E-state index contributed by atoms with van der Waals surface area (Å²) >= 11 is 0. The molecule has 0 amide bonds. The van der Waals surface area contributed by atoms with Gasteiger partial charge < -0.3 is 5.73 Å². The van der Waals surface area contributed by atoms with Crippen LogP contribution in [0.5, 0.6) is 0 Å². The van der Waals surface area contributed by atoms with E-state index in [0.717, 1.165) is 5.92 Å². The van der Waals surface area contributed by atoms with E-state index in [1.54, 1.807) is 0 Å². The van der Waals surface area contributed by atoms with Crippen molar-refractivity contribution < 1.29 is 0 Å². The third-order valence-corrected chi connectivity index (χ3v) is 2.11. The fraction of sp³-hybridized carbons (Fsp3) is 0.333. The van der Waals surface area contributed by atoms with E-state index in [-0.39, 0.29) is 18.2 Å². The van der Waals surface area contributed by atoms with Gasteiger partial charge >= 0.3 is 0 Å². The van der Waals surface area contributed by atoms with Gasteiger partial charge in [0.25, 0.3) is 0 Å². The summed E-state index contributed by atoms with van der Waals surface area (Å²) in [4.78, 5) is 4.09. The molecule has 3 N–H and O–H groups in total. The first-order chi connectivity index (χ1) is 5.77. The molecule has 0 unspecified atom stereocenters. The molecule has 0 aliphatic heterocycles. The van der Waals surface area contributed by atoms with Crippen LogP contribution >= 0.6 is 12.4 Å². The molecule has 3 nitrogen and oxygen atoms in total. The molecule has 1 aliphatic rings. The Bertz CT molecular complexity index is 303. The monoisotopic (exact) mass is 197 g/mol. The molecule has 1 aromatic rings. The van der Waals surface area contributed by atoms with Crippen molar-refractivity contribution in [2.24, 2.45) is 5.73 Å². The van der Waals surface area contributed by atoms with Crippen LogP contribution in [0.15, 0.2) is 18.3 Å². The van der Waals surface area contributed by atoms with Crippen LogP contribution in [0, 0.1) is 5.41 Å². The maximum Gasteiger partial charge on any atom is 0.141 e. The van der Waals surface area contributed by atoms with Crippen LogP contribution in [0.4, 0.5) is 0 Å². The van der Waals surface area contributed by atoms with Crippen LogP contribution < -0.4 is 5.73 Å². The van der Waals surface area contributed by atoms with Crippen molar-refractivity contribution in [2.75, 3.05) is 0 Å². The smallest absolute Gasteiger partial charge is 0.141 e. The van der Waals surface area contributed by atoms with Gasteiger partial charge in [-0.05, 0) is 30.4 Å². The predicted octanol–water partition coefficient (Wildman–Crippen LogP) is 1.66. The van der Waals surface area contributed by atoms with Crippen LogP contribution in [0.25, 0.3) is 0 Å². The number of hydrogen-bond donors (Lipinski definition) is 2. The van der Waals surface area contributed by atoms with E-state index in [0.29, 0.717) is 5.69 Å². The summed E-state index contributed by atoms with van der Waals surface area (Å²) in [6.45, 7) is 0. The van der Waals surface area contributed by atoms with Gasteiger partial charge in [0, 0.05) is 6.20 Å². The largest absolute Gasteiger partial charge is 0.382 e. The molecule has 0 aromatic carbocycles. The molecule has 1 heterocycles. The molecule has 2 rings (SSSR count). The molecule has 0 atom stereocenters. The maximum atomic E-state index is 7.14. The molecule has 0 spiro atoms. The van der Waals surface area contributed by atoms with Crippen molar-refractivity contribution in [2.45, 2.75) is 18.8 Å². The van der Waals surface area contributed by atoms with Gasteiger partial charge in [0.1, 0.15) is 11.5 Å². The molecule has 1 saturated carbocycles. The number of hydrogen-bond acceptors (Lipinski definition) is 2. The maximum absolute atomic E-state index is 7.14. The first kappa shape index (κ1) is 9.99. The highest BCUT2D eigenvalue weighted by molar-refractivity contribution is 5.92. The third kappa shape index (κ3) is 2.18. The van der Waals surface area contributed by atoms with E-state index in [9.17, 15) is 0 Å². The molecule has 4 heteroatoms. The van der Waals surface area contributed by atoms with Gasteiger partial charge in [-0.25, -0.2) is 0 Å². The van der Waals surface area contributed by atoms with Crippen LogP contribution in [-0.4, -0.2) is 10.8 Å². The summed E-state index contributed by atoms with van der Waals surface area (Å²) in [7, 11) is 0. The van der Waals surface area contributed by atoms with Crippen molar-refractivity contribution in [3.8, 4) is 0 Å².